The average molecular weight is 334 g/mol. The zero-order chi connectivity index (χ0) is 13.4. The lowest BCUT2D eigenvalue weighted by molar-refractivity contribution is -0.0653. The molecule has 1 aliphatic rings. The van der Waals surface area contributed by atoms with Crippen molar-refractivity contribution >= 4 is 26.0 Å². The smallest absolute Gasteiger partial charge is 0.243 e. The SMILES string of the molecule is CCCC1(O)CN(S(=O)(=O)c2ccc(Br)cc2)C1. The largest absolute Gasteiger partial charge is 0.387 e. The Morgan fingerprint density at radius 2 is 1.89 bits per heavy atom. The van der Waals surface area contributed by atoms with E-state index in [1.807, 2.05) is 6.92 Å². The van der Waals surface area contributed by atoms with Gasteiger partial charge in [-0.05, 0) is 30.7 Å². The predicted octanol–water partition coefficient (Wildman–Crippen LogP) is 1.98. The summed E-state index contributed by atoms with van der Waals surface area (Å²) in [5.41, 5.74) is -0.836. The van der Waals surface area contributed by atoms with Crippen LogP contribution in [0.5, 0.6) is 0 Å². The molecule has 4 nitrogen and oxygen atoms in total. The number of nitrogens with zero attached hydrogens (tertiary/aromatic N) is 1. The first-order valence-electron chi connectivity index (χ1n) is 5.85. The van der Waals surface area contributed by atoms with Gasteiger partial charge in [0, 0.05) is 17.6 Å². The molecule has 1 aromatic carbocycles. The molecule has 6 heteroatoms. The molecule has 2 rings (SSSR count). The molecule has 1 N–H and O–H groups in total. The third-order valence-corrected chi connectivity index (χ3v) is 5.44. The summed E-state index contributed by atoms with van der Waals surface area (Å²) in [7, 11) is -3.46. The van der Waals surface area contributed by atoms with Gasteiger partial charge in [-0.3, -0.25) is 0 Å². The molecular weight excluding hydrogens is 318 g/mol. The van der Waals surface area contributed by atoms with Crippen molar-refractivity contribution in [1.82, 2.24) is 4.31 Å². The minimum absolute atomic E-state index is 0.194. The van der Waals surface area contributed by atoms with Gasteiger partial charge in [-0.2, -0.15) is 4.31 Å². The molecule has 0 amide bonds. The Hall–Kier alpha value is -0.430. The first kappa shape index (κ1) is 14.0. The maximum absolute atomic E-state index is 12.2. The Labute approximate surface area is 116 Å². The number of hydrogen-bond donors (Lipinski definition) is 1. The monoisotopic (exact) mass is 333 g/mol. The number of halogens is 1. The van der Waals surface area contributed by atoms with Crippen LogP contribution in [-0.2, 0) is 10.0 Å². The van der Waals surface area contributed by atoms with Crippen LogP contribution in [0.25, 0.3) is 0 Å². The molecule has 0 aliphatic carbocycles. The van der Waals surface area contributed by atoms with Gasteiger partial charge in [0.25, 0.3) is 0 Å². The highest BCUT2D eigenvalue weighted by Crippen LogP contribution is 2.31. The molecule has 1 aliphatic heterocycles. The molecule has 0 radical (unpaired) electrons. The van der Waals surface area contributed by atoms with Crippen molar-refractivity contribution in [2.24, 2.45) is 0 Å². The van der Waals surface area contributed by atoms with Gasteiger partial charge in [0.15, 0.2) is 0 Å². The zero-order valence-electron chi connectivity index (χ0n) is 10.1. The number of hydrogen-bond acceptors (Lipinski definition) is 3. The fourth-order valence-electron chi connectivity index (χ4n) is 2.16. The van der Waals surface area contributed by atoms with E-state index < -0.39 is 15.6 Å². The van der Waals surface area contributed by atoms with E-state index in [1.165, 1.54) is 4.31 Å². The van der Waals surface area contributed by atoms with Gasteiger partial charge in [-0.15, -0.1) is 0 Å². The highest BCUT2D eigenvalue weighted by atomic mass is 79.9. The fraction of sp³-hybridized carbons (Fsp3) is 0.500. The number of aliphatic hydroxyl groups is 1. The van der Waals surface area contributed by atoms with E-state index in [2.05, 4.69) is 15.9 Å². The van der Waals surface area contributed by atoms with Crippen LogP contribution in [0, 0.1) is 0 Å². The average Bonchev–Trinajstić information content (AvgIpc) is 2.26. The summed E-state index contributed by atoms with van der Waals surface area (Å²) in [6, 6.07) is 6.53. The molecule has 1 aromatic rings. The summed E-state index contributed by atoms with van der Waals surface area (Å²) in [4.78, 5) is 0.268. The van der Waals surface area contributed by atoms with Crippen LogP contribution in [-0.4, -0.2) is 36.5 Å². The molecule has 0 atom stereocenters. The lowest BCUT2D eigenvalue weighted by Crippen LogP contribution is -2.63. The molecule has 18 heavy (non-hydrogen) atoms. The van der Waals surface area contributed by atoms with Crippen molar-refractivity contribution in [2.75, 3.05) is 13.1 Å². The van der Waals surface area contributed by atoms with Gasteiger partial charge >= 0.3 is 0 Å². The highest BCUT2D eigenvalue weighted by molar-refractivity contribution is 9.10. The van der Waals surface area contributed by atoms with Crippen LogP contribution in [0.4, 0.5) is 0 Å². The van der Waals surface area contributed by atoms with Gasteiger partial charge < -0.3 is 5.11 Å². The van der Waals surface area contributed by atoms with Gasteiger partial charge in [-0.1, -0.05) is 29.3 Å². The van der Waals surface area contributed by atoms with Crippen molar-refractivity contribution in [2.45, 2.75) is 30.3 Å². The maximum atomic E-state index is 12.2. The van der Waals surface area contributed by atoms with E-state index >= 15 is 0 Å². The molecule has 1 fully saturated rings. The molecule has 0 aromatic heterocycles. The third kappa shape index (κ3) is 2.61. The second-order valence-corrected chi connectivity index (χ2v) is 7.55. The van der Waals surface area contributed by atoms with Crippen molar-refractivity contribution in [3.8, 4) is 0 Å². The highest BCUT2D eigenvalue weighted by Gasteiger charge is 2.46. The molecular formula is C12H16BrNO3S. The molecule has 0 saturated carbocycles. The summed E-state index contributed by atoms with van der Waals surface area (Å²) in [6.45, 7) is 2.36. The predicted molar refractivity (Wildman–Crippen MR) is 72.8 cm³/mol. The minimum atomic E-state index is -3.46. The fourth-order valence-corrected chi connectivity index (χ4v) is 4.02. The van der Waals surface area contributed by atoms with Gasteiger partial charge in [0.05, 0.1) is 10.5 Å². The van der Waals surface area contributed by atoms with Crippen LogP contribution in [0.3, 0.4) is 0 Å². The lowest BCUT2D eigenvalue weighted by atomic mass is 9.92. The van der Waals surface area contributed by atoms with Crippen LogP contribution in [0.2, 0.25) is 0 Å². The maximum Gasteiger partial charge on any atom is 0.243 e. The summed E-state index contributed by atoms with van der Waals surface area (Å²) >= 11 is 3.27. The minimum Gasteiger partial charge on any atom is -0.387 e. The van der Waals surface area contributed by atoms with Crippen LogP contribution < -0.4 is 0 Å². The summed E-state index contributed by atoms with van der Waals surface area (Å²) in [5, 5.41) is 10.0. The Balaban J connectivity index is 2.13. The molecule has 1 saturated heterocycles. The quantitative estimate of drug-likeness (QED) is 0.916. The standard InChI is InChI=1S/C12H16BrNO3S/c1-2-7-12(15)8-14(9-12)18(16,17)11-5-3-10(13)4-6-11/h3-6,15H,2,7-9H2,1H3. The molecule has 0 bridgehead atoms. The Morgan fingerprint density at radius 3 is 2.39 bits per heavy atom. The van der Waals surface area contributed by atoms with Crippen LogP contribution in [0.15, 0.2) is 33.6 Å². The van der Waals surface area contributed by atoms with Crippen LogP contribution >= 0.6 is 15.9 Å². The molecule has 1 heterocycles. The van der Waals surface area contributed by atoms with Gasteiger partial charge in [0.1, 0.15) is 0 Å². The lowest BCUT2D eigenvalue weighted by Gasteiger charge is -2.45. The Kier molecular flexibility index (Phi) is 3.82. The number of β-amino-alcohol motifs (C(OH)–C–C–N with tert-alkyl or cyclic N) is 1. The second kappa shape index (κ2) is 4.92. The van der Waals surface area contributed by atoms with E-state index in [4.69, 9.17) is 0 Å². The molecule has 100 valence electrons. The molecule has 0 unspecified atom stereocenters. The van der Waals surface area contributed by atoms with E-state index in [9.17, 15) is 13.5 Å². The third-order valence-electron chi connectivity index (χ3n) is 3.11. The van der Waals surface area contributed by atoms with Gasteiger partial charge in [0.2, 0.25) is 10.0 Å². The normalized spacial score (nSPS) is 19.5. The Bertz CT molecular complexity index is 521. The molecule has 0 spiro atoms. The van der Waals surface area contributed by atoms with E-state index in [-0.39, 0.29) is 18.0 Å². The van der Waals surface area contributed by atoms with Crippen molar-refractivity contribution < 1.29 is 13.5 Å². The van der Waals surface area contributed by atoms with E-state index in [0.29, 0.717) is 6.42 Å². The van der Waals surface area contributed by atoms with Gasteiger partial charge in [-0.25, -0.2) is 8.42 Å². The van der Waals surface area contributed by atoms with E-state index in [0.717, 1.165) is 10.9 Å². The second-order valence-electron chi connectivity index (χ2n) is 4.70. The number of rotatable bonds is 4. The number of sulfonamides is 1. The topological polar surface area (TPSA) is 57.6 Å². The zero-order valence-corrected chi connectivity index (χ0v) is 12.5. The Morgan fingerprint density at radius 1 is 1.33 bits per heavy atom. The van der Waals surface area contributed by atoms with E-state index in [1.54, 1.807) is 24.3 Å². The van der Waals surface area contributed by atoms with Crippen molar-refractivity contribution in [1.29, 1.82) is 0 Å². The summed E-state index contributed by atoms with van der Waals surface area (Å²) in [6.07, 6.45) is 1.49. The van der Waals surface area contributed by atoms with Crippen molar-refractivity contribution in [3.63, 3.8) is 0 Å². The van der Waals surface area contributed by atoms with Crippen molar-refractivity contribution in [3.05, 3.63) is 28.7 Å². The first-order valence-corrected chi connectivity index (χ1v) is 8.09. The number of benzene rings is 1. The first-order chi connectivity index (χ1) is 8.37. The van der Waals surface area contributed by atoms with Crippen LogP contribution in [0.1, 0.15) is 19.8 Å². The summed E-state index contributed by atoms with van der Waals surface area (Å²) in [5.74, 6) is 0. The summed E-state index contributed by atoms with van der Waals surface area (Å²) < 4.78 is 26.6.